The van der Waals surface area contributed by atoms with Crippen LogP contribution in [0.25, 0.3) is 0 Å². The van der Waals surface area contributed by atoms with Crippen LogP contribution in [0.2, 0.25) is 0 Å². The van der Waals surface area contributed by atoms with Gasteiger partial charge in [-0.1, -0.05) is 0 Å². The molecule has 0 aromatic carbocycles. The SMILES string of the molecule is Cc1c2c(nn1CC/C(C=O)=C\N(C)C)CCNC2. The number of nitrogens with one attached hydrogen (secondary N) is 1. The standard InChI is InChI=1S/C14H22N4O/c1-11-13-8-15-6-4-14(13)16-18(11)7-5-12(10-19)9-17(2)3/h9-10,15H,4-8H2,1-3H3/b12-9+. The average Bonchev–Trinajstić information content (AvgIpc) is 2.71. The molecule has 0 fully saturated rings. The van der Waals surface area contributed by atoms with E-state index in [1.165, 1.54) is 17.0 Å². The lowest BCUT2D eigenvalue weighted by Crippen LogP contribution is -2.23. The predicted octanol–water partition coefficient (Wildman–Crippen LogP) is 0.872. The van der Waals surface area contributed by atoms with Crippen molar-refractivity contribution in [1.82, 2.24) is 20.0 Å². The third-order valence-electron chi connectivity index (χ3n) is 3.44. The van der Waals surface area contributed by atoms with Gasteiger partial charge in [-0.2, -0.15) is 5.10 Å². The van der Waals surface area contributed by atoms with Crippen LogP contribution in [0.5, 0.6) is 0 Å². The maximum absolute atomic E-state index is 11.0. The second-order valence-corrected chi connectivity index (χ2v) is 5.20. The molecule has 1 aromatic heterocycles. The van der Waals surface area contributed by atoms with E-state index in [2.05, 4.69) is 17.3 Å². The van der Waals surface area contributed by atoms with Gasteiger partial charge in [0.2, 0.25) is 0 Å². The molecule has 2 heterocycles. The monoisotopic (exact) mass is 262 g/mol. The molecule has 0 saturated heterocycles. The zero-order valence-corrected chi connectivity index (χ0v) is 11.9. The van der Waals surface area contributed by atoms with E-state index in [0.717, 1.165) is 44.3 Å². The number of allylic oxidation sites excluding steroid dienone is 1. The number of aldehydes is 1. The highest BCUT2D eigenvalue weighted by atomic mass is 16.1. The molecule has 19 heavy (non-hydrogen) atoms. The minimum atomic E-state index is 0.719. The highest BCUT2D eigenvalue weighted by Crippen LogP contribution is 2.18. The molecule has 5 heteroatoms. The summed E-state index contributed by atoms with van der Waals surface area (Å²) in [6, 6.07) is 0. The van der Waals surface area contributed by atoms with Gasteiger partial charge >= 0.3 is 0 Å². The van der Waals surface area contributed by atoms with Gasteiger partial charge in [0.1, 0.15) is 6.29 Å². The van der Waals surface area contributed by atoms with Gasteiger partial charge in [-0.05, 0) is 13.3 Å². The maximum Gasteiger partial charge on any atom is 0.147 e. The first-order chi connectivity index (χ1) is 9.11. The number of aryl methyl sites for hydroxylation is 1. The molecule has 0 amide bonds. The van der Waals surface area contributed by atoms with Gasteiger partial charge in [0.25, 0.3) is 0 Å². The Morgan fingerprint density at radius 3 is 2.95 bits per heavy atom. The molecular weight excluding hydrogens is 240 g/mol. The molecule has 0 spiro atoms. The lowest BCUT2D eigenvalue weighted by Gasteiger charge is -2.11. The van der Waals surface area contributed by atoms with Crippen molar-refractivity contribution < 1.29 is 4.79 Å². The van der Waals surface area contributed by atoms with E-state index in [9.17, 15) is 4.79 Å². The first-order valence-corrected chi connectivity index (χ1v) is 6.70. The van der Waals surface area contributed by atoms with Crippen molar-refractivity contribution in [2.24, 2.45) is 0 Å². The Bertz CT molecular complexity index is 488. The normalized spacial score (nSPS) is 15.2. The molecule has 2 rings (SSSR count). The quantitative estimate of drug-likeness (QED) is 0.632. The Labute approximate surface area is 114 Å². The van der Waals surface area contributed by atoms with Crippen LogP contribution in [-0.2, 0) is 24.3 Å². The summed E-state index contributed by atoms with van der Waals surface area (Å²) >= 11 is 0. The molecule has 1 N–H and O–H groups in total. The van der Waals surface area contributed by atoms with Crippen LogP contribution in [0.1, 0.15) is 23.4 Å². The largest absolute Gasteiger partial charge is 0.383 e. The van der Waals surface area contributed by atoms with Crippen LogP contribution in [0.15, 0.2) is 11.8 Å². The second-order valence-electron chi connectivity index (χ2n) is 5.20. The Hall–Kier alpha value is -1.62. The van der Waals surface area contributed by atoms with E-state index < -0.39 is 0 Å². The summed E-state index contributed by atoms with van der Waals surface area (Å²) < 4.78 is 2.03. The summed E-state index contributed by atoms with van der Waals surface area (Å²) in [4.78, 5) is 12.9. The number of hydrogen-bond acceptors (Lipinski definition) is 4. The number of carbonyl (C=O) groups is 1. The molecule has 5 nitrogen and oxygen atoms in total. The highest BCUT2D eigenvalue weighted by molar-refractivity contribution is 5.72. The molecule has 0 unspecified atom stereocenters. The van der Waals surface area contributed by atoms with Gasteiger partial charge in [-0.25, -0.2) is 0 Å². The summed E-state index contributed by atoms with van der Waals surface area (Å²) in [5.41, 5.74) is 4.56. The molecule has 0 atom stereocenters. The van der Waals surface area contributed by atoms with Crippen LogP contribution in [0.3, 0.4) is 0 Å². The minimum Gasteiger partial charge on any atom is -0.383 e. The first-order valence-electron chi connectivity index (χ1n) is 6.70. The number of fused-ring (bicyclic) bond motifs is 1. The Morgan fingerprint density at radius 1 is 1.53 bits per heavy atom. The van der Waals surface area contributed by atoms with E-state index in [1.807, 2.05) is 29.9 Å². The lowest BCUT2D eigenvalue weighted by atomic mass is 10.1. The number of aromatic nitrogens is 2. The smallest absolute Gasteiger partial charge is 0.147 e. The number of rotatable bonds is 5. The summed E-state index contributed by atoms with van der Waals surface area (Å²) in [6.07, 6.45) is 4.52. The van der Waals surface area contributed by atoms with Crippen molar-refractivity contribution in [2.45, 2.75) is 32.9 Å². The van der Waals surface area contributed by atoms with E-state index in [4.69, 9.17) is 0 Å². The topological polar surface area (TPSA) is 50.2 Å². The van der Waals surface area contributed by atoms with E-state index >= 15 is 0 Å². The zero-order valence-electron chi connectivity index (χ0n) is 11.9. The maximum atomic E-state index is 11.0. The second kappa shape index (κ2) is 6.02. The van der Waals surface area contributed by atoms with E-state index in [-0.39, 0.29) is 0 Å². The number of nitrogens with zero attached hydrogens (tertiary/aromatic N) is 3. The Kier molecular flexibility index (Phi) is 4.37. The molecule has 0 aliphatic carbocycles. The number of carbonyl (C=O) groups excluding carboxylic acids is 1. The van der Waals surface area contributed by atoms with Crippen molar-refractivity contribution >= 4 is 6.29 Å². The van der Waals surface area contributed by atoms with E-state index in [1.54, 1.807) is 0 Å². The van der Waals surface area contributed by atoms with Gasteiger partial charge in [0, 0.05) is 63.2 Å². The molecule has 1 aliphatic heterocycles. The van der Waals surface area contributed by atoms with Crippen LogP contribution < -0.4 is 5.32 Å². The molecule has 1 aromatic rings. The lowest BCUT2D eigenvalue weighted by molar-refractivity contribution is -0.105. The summed E-state index contributed by atoms with van der Waals surface area (Å²) in [7, 11) is 3.85. The van der Waals surface area contributed by atoms with Crippen molar-refractivity contribution in [1.29, 1.82) is 0 Å². The Morgan fingerprint density at radius 2 is 2.32 bits per heavy atom. The van der Waals surface area contributed by atoms with E-state index in [0.29, 0.717) is 0 Å². The molecule has 1 aliphatic rings. The first kappa shape index (κ1) is 13.8. The van der Waals surface area contributed by atoms with Gasteiger partial charge in [-0.15, -0.1) is 0 Å². The highest BCUT2D eigenvalue weighted by Gasteiger charge is 2.17. The number of hydrogen-bond donors (Lipinski definition) is 1. The summed E-state index contributed by atoms with van der Waals surface area (Å²) in [6.45, 7) is 4.78. The molecular formula is C14H22N4O. The van der Waals surface area contributed by atoms with Gasteiger partial charge < -0.3 is 10.2 Å². The third kappa shape index (κ3) is 3.23. The van der Waals surface area contributed by atoms with Crippen molar-refractivity contribution in [2.75, 3.05) is 20.6 Å². The molecule has 104 valence electrons. The van der Waals surface area contributed by atoms with Crippen molar-refractivity contribution in [3.05, 3.63) is 28.7 Å². The van der Waals surface area contributed by atoms with Crippen LogP contribution in [0, 0.1) is 6.92 Å². The fraction of sp³-hybridized carbons (Fsp3) is 0.571. The van der Waals surface area contributed by atoms with Crippen LogP contribution in [0.4, 0.5) is 0 Å². The van der Waals surface area contributed by atoms with Crippen LogP contribution in [-0.4, -0.2) is 41.6 Å². The summed E-state index contributed by atoms with van der Waals surface area (Å²) in [5, 5.41) is 8.03. The van der Waals surface area contributed by atoms with Gasteiger partial charge in [0.05, 0.1) is 5.69 Å². The molecule has 0 radical (unpaired) electrons. The van der Waals surface area contributed by atoms with Crippen LogP contribution >= 0.6 is 0 Å². The van der Waals surface area contributed by atoms with Crippen molar-refractivity contribution in [3.8, 4) is 0 Å². The predicted molar refractivity (Wildman–Crippen MR) is 74.8 cm³/mol. The Balaban J connectivity index is 2.07. The van der Waals surface area contributed by atoms with Gasteiger partial charge in [0.15, 0.2) is 0 Å². The zero-order chi connectivity index (χ0) is 13.8. The fourth-order valence-corrected chi connectivity index (χ4v) is 2.43. The fourth-order valence-electron chi connectivity index (χ4n) is 2.43. The van der Waals surface area contributed by atoms with Gasteiger partial charge in [-0.3, -0.25) is 9.48 Å². The minimum absolute atomic E-state index is 0.719. The molecule has 0 bridgehead atoms. The average molecular weight is 262 g/mol. The third-order valence-corrected chi connectivity index (χ3v) is 3.44. The summed E-state index contributed by atoms with van der Waals surface area (Å²) in [5.74, 6) is 0. The molecule has 0 saturated carbocycles. The van der Waals surface area contributed by atoms with Crippen molar-refractivity contribution in [3.63, 3.8) is 0 Å².